The topological polar surface area (TPSA) is 75.2 Å². The van der Waals surface area contributed by atoms with E-state index in [1.807, 2.05) is 0 Å². The Hall–Kier alpha value is -1.21. The number of aromatic nitrogens is 2. The largest absolute Gasteiger partial charge is 0.357 e. The fraction of sp³-hybridized carbons (Fsp3) is 0.714. The summed E-state index contributed by atoms with van der Waals surface area (Å²) in [4.78, 5) is 8.15. The number of hydrogen-bond acceptors (Lipinski definition) is 5. The third-order valence-corrected chi connectivity index (χ3v) is 6.62. The van der Waals surface area contributed by atoms with Gasteiger partial charge in [0, 0.05) is 20.1 Å². The maximum absolute atomic E-state index is 12.6. The van der Waals surface area contributed by atoms with Crippen LogP contribution >= 0.6 is 0 Å². The predicted octanol–water partition coefficient (Wildman–Crippen LogP) is 2.11. The molecule has 0 amide bonds. The van der Waals surface area contributed by atoms with Crippen LogP contribution < -0.4 is 5.32 Å². The summed E-state index contributed by atoms with van der Waals surface area (Å²) < 4.78 is 26.8. The van der Waals surface area contributed by atoms with E-state index in [-0.39, 0.29) is 4.90 Å². The van der Waals surface area contributed by atoms with Crippen molar-refractivity contribution in [2.24, 2.45) is 5.41 Å². The molecule has 0 bridgehead atoms. The van der Waals surface area contributed by atoms with Crippen LogP contribution in [0.4, 0.5) is 5.95 Å². The van der Waals surface area contributed by atoms with Crippen molar-refractivity contribution in [3.8, 4) is 0 Å². The van der Waals surface area contributed by atoms with E-state index in [4.69, 9.17) is 0 Å². The van der Waals surface area contributed by atoms with Gasteiger partial charge in [0.1, 0.15) is 4.90 Å². The van der Waals surface area contributed by atoms with Gasteiger partial charge in [0.05, 0.1) is 12.4 Å². The van der Waals surface area contributed by atoms with Crippen LogP contribution in [0.2, 0.25) is 0 Å². The van der Waals surface area contributed by atoms with Gasteiger partial charge in [-0.3, -0.25) is 0 Å². The van der Waals surface area contributed by atoms with E-state index in [1.165, 1.54) is 12.4 Å². The van der Waals surface area contributed by atoms with Crippen LogP contribution in [0.1, 0.15) is 39.5 Å². The summed E-state index contributed by atoms with van der Waals surface area (Å²) in [7, 11) is -1.78. The van der Waals surface area contributed by atoms with E-state index in [9.17, 15) is 8.42 Å². The fourth-order valence-electron chi connectivity index (χ4n) is 2.89. The highest BCUT2D eigenvalue weighted by Gasteiger charge is 2.36. The van der Waals surface area contributed by atoms with E-state index < -0.39 is 10.0 Å². The van der Waals surface area contributed by atoms with Crippen molar-refractivity contribution in [2.45, 2.75) is 44.4 Å². The van der Waals surface area contributed by atoms with Crippen LogP contribution in [0, 0.1) is 5.41 Å². The molecule has 6 nitrogen and oxygen atoms in total. The molecule has 1 aromatic rings. The molecular weight excluding hydrogens is 288 g/mol. The summed E-state index contributed by atoms with van der Waals surface area (Å²) in [6.45, 7) is 5.55. The number of nitrogens with one attached hydrogen (secondary N) is 1. The molecule has 2 rings (SSSR count). The number of sulfonamides is 1. The van der Waals surface area contributed by atoms with Crippen molar-refractivity contribution in [1.82, 2.24) is 14.3 Å². The monoisotopic (exact) mass is 312 g/mol. The van der Waals surface area contributed by atoms with Gasteiger partial charge in [-0.2, -0.15) is 4.31 Å². The molecule has 2 heterocycles. The molecule has 0 spiro atoms. The Bertz CT molecular complexity index is 557. The molecule has 0 radical (unpaired) electrons. The van der Waals surface area contributed by atoms with Gasteiger partial charge in [0.15, 0.2) is 0 Å². The van der Waals surface area contributed by atoms with Crippen LogP contribution in [0.25, 0.3) is 0 Å². The summed E-state index contributed by atoms with van der Waals surface area (Å²) in [6, 6.07) is 0. The molecule has 0 aromatic carbocycles. The average molecular weight is 312 g/mol. The first-order valence-corrected chi connectivity index (χ1v) is 8.91. The van der Waals surface area contributed by atoms with Crippen LogP contribution in [-0.4, -0.2) is 42.8 Å². The molecule has 1 saturated heterocycles. The van der Waals surface area contributed by atoms with Crippen molar-refractivity contribution < 1.29 is 8.42 Å². The van der Waals surface area contributed by atoms with Crippen molar-refractivity contribution in [2.75, 3.05) is 25.5 Å². The van der Waals surface area contributed by atoms with Gasteiger partial charge < -0.3 is 5.32 Å². The van der Waals surface area contributed by atoms with E-state index in [1.54, 1.807) is 11.4 Å². The zero-order chi connectivity index (χ0) is 15.5. The second kappa shape index (κ2) is 6.27. The molecule has 1 N–H and O–H groups in total. The van der Waals surface area contributed by atoms with E-state index in [0.717, 1.165) is 25.7 Å². The molecule has 118 valence electrons. The molecule has 1 aliphatic heterocycles. The predicted molar refractivity (Wildman–Crippen MR) is 82.6 cm³/mol. The Kier molecular flexibility index (Phi) is 4.83. The SMILES string of the molecule is CCC1(CC)CCN(S(=O)(=O)c2cnc(NC)nc2)CC1. The minimum Gasteiger partial charge on any atom is -0.357 e. The zero-order valence-corrected chi connectivity index (χ0v) is 13.8. The van der Waals surface area contributed by atoms with E-state index >= 15 is 0 Å². The smallest absolute Gasteiger partial charge is 0.246 e. The molecule has 0 unspecified atom stereocenters. The lowest BCUT2D eigenvalue weighted by atomic mass is 9.75. The number of nitrogens with zero attached hydrogens (tertiary/aromatic N) is 3. The number of piperidine rings is 1. The summed E-state index contributed by atoms with van der Waals surface area (Å²) >= 11 is 0. The lowest BCUT2D eigenvalue weighted by Gasteiger charge is -2.40. The second-order valence-corrected chi connectivity index (χ2v) is 7.54. The first kappa shape index (κ1) is 16.2. The third-order valence-electron chi connectivity index (χ3n) is 4.77. The molecule has 1 aromatic heterocycles. The average Bonchev–Trinajstić information content (AvgIpc) is 2.55. The number of rotatable bonds is 5. The normalized spacial score (nSPS) is 19.4. The summed E-state index contributed by atoms with van der Waals surface area (Å²) in [5.74, 6) is 0.420. The Labute approximate surface area is 127 Å². The lowest BCUT2D eigenvalue weighted by Crippen LogP contribution is -2.42. The maximum Gasteiger partial charge on any atom is 0.246 e. The van der Waals surface area contributed by atoms with Gasteiger partial charge in [-0.05, 0) is 18.3 Å². The summed E-state index contributed by atoms with van der Waals surface area (Å²) in [5.41, 5.74) is 0.304. The summed E-state index contributed by atoms with van der Waals surface area (Å²) in [5, 5.41) is 2.78. The lowest BCUT2D eigenvalue weighted by molar-refractivity contribution is 0.141. The van der Waals surface area contributed by atoms with Crippen molar-refractivity contribution in [1.29, 1.82) is 0 Å². The highest BCUT2D eigenvalue weighted by molar-refractivity contribution is 7.89. The molecule has 0 atom stereocenters. The molecule has 0 aliphatic carbocycles. The zero-order valence-electron chi connectivity index (χ0n) is 13.0. The molecule has 0 saturated carbocycles. The Morgan fingerprint density at radius 3 is 2.14 bits per heavy atom. The van der Waals surface area contributed by atoms with E-state index in [0.29, 0.717) is 24.5 Å². The van der Waals surface area contributed by atoms with Gasteiger partial charge >= 0.3 is 0 Å². The fourth-order valence-corrected chi connectivity index (χ4v) is 4.22. The summed E-state index contributed by atoms with van der Waals surface area (Å²) in [6.07, 6.45) is 6.81. The highest BCUT2D eigenvalue weighted by Crippen LogP contribution is 2.39. The third kappa shape index (κ3) is 3.18. The Morgan fingerprint density at radius 2 is 1.71 bits per heavy atom. The molecular formula is C14H24N4O2S. The standard InChI is InChI=1S/C14H24N4O2S/c1-4-14(5-2)6-8-18(9-7-14)21(19,20)12-10-16-13(15-3)17-11-12/h10-11H,4-9H2,1-3H3,(H,15,16,17). The van der Waals surface area contributed by atoms with Crippen molar-refractivity contribution in [3.63, 3.8) is 0 Å². The molecule has 7 heteroatoms. The first-order chi connectivity index (χ1) is 9.97. The number of anilines is 1. The highest BCUT2D eigenvalue weighted by atomic mass is 32.2. The van der Waals surface area contributed by atoms with Crippen molar-refractivity contribution in [3.05, 3.63) is 12.4 Å². The van der Waals surface area contributed by atoms with Gasteiger partial charge in [0.2, 0.25) is 16.0 Å². The van der Waals surface area contributed by atoms with E-state index in [2.05, 4.69) is 29.1 Å². The van der Waals surface area contributed by atoms with Gasteiger partial charge in [-0.25, -0.2) is 18.4 Å². The van der Waals surface area contributed by atoms with Crippen LogP contribution in [-0.2, 0) is 10.0 Å². The van der Waals surface area contributed by atoms with Gasteiger partial charge in [0.25, 0.3) is 0 Å². The number of hydrogen-bond donors (Lipinski definition) is 1. The molecule has 1 aliphatic rings. The molecule has 21 heavy (non-hydrogen) atoms. The van der Waals surface area contributed by atoms with Crippen LogP contribution in [0.3, 0.4) is 0 Å². The maximum atomic E-state index is 12.6. The quantitative estimate of drug-likeness (QED) is 0.901. The van der Waals surface area contributed by atoms with Crippen LogP contribution in [0.15, 0.2) is 17.3 Å². The van der Waals surface area contributed by atoms with Crippen molar-refractivity contribution >= 4 is 16.0 Å². The first-order valence-electron chi connectivity index (χ1n) is 7.47. The Balaban J connectivity index is 2.14. The minimum atomic E-state index is -3.47. The van der Waals surface area contributed by atoms with Gasteiger partial charge in [-0.1, -0.05) is 26.7 Å². The van der Waals surface area contributed by atoms with Gasteiger partial charge in [-0.15, -0.1) is 0 Å². The van der Waals surface area contributed by atoms with Crippen LogP contribution in [0.5, 0.6) is 0 Å². The second-order valence-electron chi connectivity index (χ2n) is 5.60. The molecule has 1 fully saturated rings. The minimum absolute atomic E-state index is 0.169. The Morgan fingerprint density at radius 1 is 1.19 bits per heavy atom.